The van der Waals surface area contributed by atoms with E-state index in [1.807, 2.05) is 0 Å². The van der Waals surface area contributed by atoms with Crippen molar-refractivity contribution in [2.24, 2.45) is 0 Å². The Morgan fingerprint density at radius 1 is 1.37 bits per heavy atom. The molecule has 0 unspecified atom stereocenters. The molecule has 0 heterocycles. The fourth-order valence-electron chi connectivity index (χ4n) is 1.76. The second kappa shape index (κ2) is 6.28. The predicted molar refractivity (Wildman–Crippen MR) is 67.1 cm³/mol. The lowest BCUT2D eigenvalue weighted by molar-refractivity contribution is -0.121. The Hall–Kier alpha value is -1.96. The van der Waals surface area contributed by atoms with E-state index in [0.717, 1.165) is 12.1 Å². The van der Waals surface area contributed by atoms with Crippen LogP contribution in [0.2, 0.25) is 0 Å². The molecule has 0 saturated heterocycles. The standard InChI is InChI=1S/C14H16F2N2O/c1-3-14(4-2,9-17)18-13(19)7-10-5-6-11(15)8-12(10)16/h5-6,8H,3-4,7H2,1-2H3,(H,18,19). The number of nitrogens with one attached hydrogen (secondary N) is 1. The minimum absolute atomic E-state index is 0.109. The van der Waals surface area contributed by atoms with Crippen LogP contribution < -0.4 is 5.32 Å². The van der Waals surface area contributed by atoms with Gasteiger partial charge in [0.1, 0.15) is 17.2 Å². The fourth-order valence-corrected chi connectivity index (χ4v) is 1.76. The quantitative estimate of drug-likeness (QED) is 0.890. The van der Waals surface area contributed by atoms with Crippen molar-refractivity contribution in [3.8, 4) is 6.07 Å². The van der Waals surface area contributed by atoms with Gasteiger partial charge in [-0.3, -0.25) is 4.79 Å². The maximum Gasteiger partial charge on any atom is 0.225 e. The molecule has 0 spiro atoms. The van der Waals surface area contributed by atoms with Crippen molar-refractivity contribution < 1.29 is 13.6 Å². The predicted octanol–water partition coefficient (Wildman–Crippen LogP) is 2.71. The van der Waals surface area contributed by atoms with Crippen molar-refractivity contribution in [1.29, 1.82) is 5.26 Å². The van der Waals surface area contributed by atoms with Crippen LogP contribution in [0.25, 0.3) is 0 Å². The Labute approximate surface area is 111 Å². The lowest BCUT2D eigenvalue weighted by Crippen LogP contribution is -2.47. The van der Waals surface area contributed by atoms with Crippen molar-refractivity contribution in [2.45, 2.75) is 38.6 Å². The third-order valence-corrected chi connectivity index (χ3v) is 3.17. The number of carbonyl (C=O) groups is 1. The van der Waals surface area contributed by atoms with Crippen molar-refractivity contribution >= 4 is 5.91 Å². The van der Waals surface area contributed by atoms with Gasteiger partial charge in [-0.1, -0.05) is 19.9 Å². The average molecular weight is 266 g/mol. The van der Waals surface area contributed by atoms with Crippen LogP contribution in [0.1, 0.15) is 32.3 Å². The maximum atomic E-state index is 13.4. The Morgan fingerprint density at radius 2 is 2.00 bits per heavy atom. The van der Waals surface area contributed by atoms with Gasteiger partial charge in [0.25, 0.3) is 0 Å². The number of hydrogen-bond acceptors (Lipinski definition) is 2. The molecule has 1 aromatic rings. The molecule has 102 valence electrons. The fraction of sp³-hybridized carbons (Fsp3) is 0.429. The molecular formula is C14H16F2N2O. The van der Waals surface area contributed by atoms with E-state index in [2.05, 4.69) is 11.4 Å². The number of nitriles is 1. The molecule has 0 atom stereocenters. The Bertz CT molecular complexity index is 505. The van der Waals surface area contributed by atoms with Crippen LogP contribution in [-0.4, -0.2) is 11.4 Å². The van der Waals surface area contributed by atoms with Crippen molar-refractivity contribution in [3.63, 3.8) is 0 Å². The third-order valence-electron chi connectivity index (χ3n) is 3.17. The topological polar surface area (TPSA) is 52.9 Å². The molecule has 0 aromatic heterocycles. The van der Waals surface area contributed by atoms with Gasteiger partial charge < -0.3 is 5.32 Å². The number of nitrogens with zero attached hydrogens (tertiary/aromatic N) is 1. The summed E-state index contributed by atoms with van der Waals surface area (Å²) in [6, 6.07) is 5.14. The zero-order chi connectivity index (χ0) is 14.5. The number of carbonyl (C=O) groups excluding carboxylic acids is 1. The van der Waals surface area contributed by atoms with Gasteiger partial charge in [0.05, 0.1) is 12.5 Å². The van der Waals surface area contributed by atoms with Gasteiger partial charge in [-0.15, -0.1) is 0 Å². The van der Waals surface area contributed by atoms with E-state index in [1.165, 1.54) is 6.07 Å². The molecule has 1 aromatic carbocycles. The number of amides is 1. The Kier molecular flexibility index (Phi) is 4.99. The highest BCUT2D eigenvalue weighted by molar-refractivity contribution is 5.79. The van der Waals surface area contributed by atoms with E-state index in [0.29, 0.717) is 12.8 Å². The summed E-state index contributed by atoms with van der Waals surface area (Å²) in [5, 5.41) is 11.7. The van der Waals surface area contributed by atoms with Crippen LogP contribution in [0, 0.1) is 23.0 Å². The zero-order valence-electron chi connectivity index (χ0n) is 11.0. The van der Waals surface area contributed by atoms with Gasteiger partial charge in [0.2, 0.25) is 5.91 Å². The Balaban J connectivity index is 2.78. The van der Waals surface area contributed by atoms with E-state index < -0.39 is 23.1 Å². The molecule has 1 rings (SSSR count). The molecule has 0 aliphatic carbocycles. The lowest BCUT2D eigenvalue weighted by atomic mass is 9.94. The first kappa shape index (κ1) is 15.1. The van der Waals surface area contributed by atoms with Gasteiger partial charge in [0, 0.05) is 6.07 Å². The molecule has 1 amide bonds. The molecule has 5 heteroatoms. The van der Waals surface area contributed by atoms with Crippen LogP contribution >= 0.6 is 0 Å². The number of hydrogen-bond donors (Lipinski definition) is 1. The number of rotatable bonds is 5. The summed E-state index contributed by atoms with van der Waals surface area (Å²) in [6.07, 6.45) is 0.727. The highest BCUT2D eigenvalue weighted by Crippen LogP contribution is 2.15. The summed E-state index contributed by atoms with van der Waals surface area (Å²) in [6.45, 7) is 3.59. The van der Waals surface area contributed by atoms with Gasteiger partial charge in [-0.05, 0) is 24.5 Å². The average Bonchev–Trinajstić information content (AvgIpc) is 2.39. The second-order valence-electron chi connectivity index (χ2n) is 4.36. The van der Waals surface area contributed by atoms with E-state index >= 15 is 0 Å². The third kappa shape index (κ3) is 3.75. The number of benzene rings is 1. The van der Waals surface area contributed by atoms with Gasteiger partial charge >= 0.3 is 0 Å². The molecule has 1 N–H and O–H groups in total. The summed E-state index contributed by atoms with van der Waals surface area (Å²) in [5.74, 6) is -1.89. The number of halogens is 2. The first-order valence-electron chi connectivity index (χ1n) is 6.12. The zero-order valence-corrected chi connectivity index (χ0v) is 11.0. The van der Waals surface area contributed by atoms with Crippen molar-refractivity contribution in [2.75, 3.05) is 0 Å². The molecule has 0 aliphatic rings. The van der Waals surface area contributed by atoms with Crippen molar-refractivity contribution in [3.05, 3.63) is 35.4 Å². The van der Waals surface area contributed by atoms with E-state index in [1.54, 1.807) is 13.8 Å². The summed E-state index contributed by atoms with van der Waals surface area (Å²) in [4.78, 5) is 11.8. The molecule has 19 heavy (non-hydrogen) atoms. The van der Waals surface area contributed by atoms with Gasteiger partial charge in [0.15, 0.2) is 0 Å². The summed E-state index contributed by atoms with van der Waals surface area (Å²) >= 11 is 0. The molecule has 0 radical (unpaired) electrons. The maximum absolute atomic E-state index is 13.4. The summed E-state index contributed by atoms with van der Waals surface area (Å²) in [5.41, 5.74) is -0.814. The largest absolute Gasteiger partial charge is 0.338 e. The highest BCUT2D eigenvalue weighted by atomic mass is 19.1. The smallest absolute Gasteiger partial charge is 0.225 e. The summed E-state index contributed by atoms with van der Waals surface area (Å²) < 4.78 is 26.1. The van der Waals surface area contributed by atoms with E-state index in [4.69, 9.17) is 5.26 Å². The molecule has 0 fully saturated rings. The van der Waals surface area contributed by atoms with E-state index in [9.17, 15) is 13.6 Å². The van der Waals surface area contributed by atoms with Crippen LogP contribution in [0.4, 0.5) is 8.78 Å². The molecule has 0 bridgehead atoms. The van der Waals surface area contributed by atoms with E-state index in [-0.39, 0.29) is 12.0 Å². The molecule has 0 saturated carbocycles. The van der Waals surface area contributed by atoms with Crippen molar-refractivity contribution in [1.82, 2.24) is 5.32 Å². The minimum Gasteiger partial charge on any atom is -0.338 e. The minimum atomic E-state index is -0.923. The van der Waals surface area contributed by atoms with Gasteiger partial charge in [-0.25, -0.2) is 8.78 Å². The lowest BCUT2D eigenvalue weighted by Gasteiger charge is -2.24. The first-order chi connectivity index (χ1) is 8.96. The molecular weight excluding hydrogens is 250 g/mol. The van der Waals surface area contributed by atoms with Crippen LogP contribution in [-0.2, 0) is 11.2 Å². The Morgan fingerprint density at radius 3 is 2.47 bits per heavy atom. The first-order valence-corrected chi connectivity index (χ1v) is 6.12. The van der Waals surface area contributed by atoms with Crippen LogP contribution in [0.3, 0.4) is 0 Å². The normalized spacial score (nSPS) is 10.9. The van der Waals surface area contributed by atoms with Crippen LogP contribution in [0.5, 0.6) is 0 Å². The second-order valence-corrected chi connectivity index (χ2v) is 4.36. The molecule has 0 aliphatic heterocycles. The SMILES string of the molecule is CCC(C#N)(CC)NC(=O)Cc1ccc(F)cc1F. The highest BCUT2D eigenvalue weighted by Gasteiger charge is 2.27. The van der Waals surface area contributed by atoms with Crippen LogP contribution in [0.15, 0.2) is 18.2 Å². The van der Waals surface area contributed by atoms with Gasteiger partial charge in [-0.2, -0.15) is 5.26 Å². The summed E-state index contributed by atoms with van der Waals surface area (Å²) in [7, 11) is 0. The monoisotopic (exact) mass is 266 g/mol. The molecule has 3 nitrogen and oxygen atoms in total.